The van der Waals surface area contributed by atoms with Gasteiger partial charge in [-0.1, -0.05) is 31.5 Å². The minimum absolute atomic E-state index is 0.185. The zero-order valence-corrected chi connectivity index (χ0v) is 10.7. The second-order valence-electron chi connectivity index (χ2n) is 4.45. The van der Waals surface area contributed by atoms with Crippen molar-refractivity contribution in [2.24, 2.45) is 0 Å². The number of benzene rings is 1. The van der Waals surface area contributed by atoms with Crippen LogP contribution in [0.15, 0.2) is 47.1 Å². The molecule has 0 saturated heterocycles. The van der Waals surface area contributed by atoms with E-state index in [1.54, 1.807) is 6.26 Å². The number of hydrogen-bond acceptors (Lipinski definition) is 2. The van der Waals surface area contributed by atoms with Crippen LogP contribution in [-0.4, -0.2) is 5.78 Å². The Morgan fingerprint density at radius 1 is 1.17 bits per heavy atom. The fourth-order valence-electron chi connectivity index (χ4n) is 2.02. The molecule has 0 aliphatic heterocycles. The van der Waals surface area contributed by atoms with E-state index in [1.165, 1.54) is 5.56 Å². The summed E-state index contributed by atoms with van der Waals surface area (Å²) < 4.78 is 5.23. The molecular weight excluding hydrogens is 224 g/mol. The summed E-state index contributed by atoms with van der Waals surface area (Å²) in [6.07, 6.45) is 4.94. The molecule has 94 valence electrons. The van der Waals surface area contributed by atoms with Crippen molar-refractivity contribution in [2.45, 2.75) is 32.6 Å². The van der Waals surface area contributed by atoms with E-state index >= 15 is 0 Å². The van der Waals surface area contributed by atoms with Gasteiger partial charge in [0.2, 0.25) is 0 Å². The van der Waals surface area contributed by atoms with E-state index in [-0.39, 0.29) is 5.78 Å². The molecular formula is C16H18O2. The van der Waals surface area contributed by atoms with Crippen molar-refractivity contribution in [3.63, 3.8) is 0 Å². The average Bonchev–Trinajstić information content (AvgIpc) is 2.90. The van der Waals surface area contributed by atoms with Crippen LogP contribution in [0, 0.1) is 0 Å². The van der Waals surface area contributed by atoms with Crippen molar-refractivity contribution in [3.8, 4) is 0 Å². The zero-order chi connectivity index (χ0) is 12.8. The first-order chi connectivity index (χ1) is 8.79. The van der Waals surface area contributed by atoms with E-state index < -0.39 is 0 Å². The SMILES string of the molecule is CCCc1cccc(C(=O)CCc2ccco2)c1. The number of hydrogen-bond donors (Lipinski definition) is 0. The topological polar surface area (TPSA) is 30.2 Å². The third-order valence-corrected chi connectivity index (χ3v) is 2.97. The van der Waals surface area contributed by atoms with Crippen molar-refractivity contribution in [1.29, 1.82) is 0 Å². The maximum atomic E-state index is 12.1. The van der Waals surface area contributed by atoms with Crippen LogP contribution in [0.25, 0.3) is 0 Å². The molecule has 1 aromatic heterocycles. The highest BCUT2D eigenvalue weighted by Crippen LogP contribution is 2.12. The Balaban J connectivity index is 1.97. The molecule has 18 heavy (non-hydrogen) atoms. The molecule has 0 saturated carbocycles. The second-order valence-corrected chi connectivity index (χ2v) is 4.45. The number of carbonyl (C=O) groups is 1. The molecule has 0 aliphatic rings. The third-order valence-electron chi connectivity index (χ3n) is 2.97. The summed E-state index contributed by atoms with van der Waals surface area (Å²) >= 11 is 0. The lowest BCUT2D eigenvalue weighted by atomic mass is 10.0. The largest absolute Gasteiger partial charge is 0.469 e. The Labute approximate surface area is 108 Å². The number of Topliss-reactive ketones (excluding diaryl/α,β-unsaturated/α-hetero) is 1. The zero-order valence-electron chi connectivity index (χ0n) is 10.7. The Kier molecular flexibility index (Phi) is 4.35. The Morgan fingerprint density at radius 3 is 2.78 bits per heavy atom. The smallest absolute Gasteiger partial charge is 0.163 e. The molecule has 2 nitrogen and oxygen atoms in total. The van der Waals surface area contributed by atoms with E-state index in [9.17, 15) is 4.79 Å². The van der Waals surface area contributed by atoms with Crippen LogP contribution in [0.1, 0.15) is 41.4 Å². The fourth-order valence-corrected chi connectivity index (χ4v) is 2.02. The Morgan fingerprint density at radius 2 is 2.06 bits per heavy atom. The lowest BCUT2D eigenvalue weighted by Gasteiger charge is -2.03. The van der Waals surface area contributed by atoms with Gasteiger partial charge in [0.05, 0.1) is 6.26 Å². The van der Waals surface area contributed by atoms with E-state index in [2.05, 4.69) is 13.0 Å². The van der Waals surface area contributed by atoms with Crippen LogP contribution < -0.4 is 0 Å². The molecule has 0 unspecified atom stereocenters. The maximum absolute atomic E-state index is 12.1. The highest BCUT2D eigenvalue weighted by atomic mass is 16.3. The molecule has 2 heteroatoms. The van der Waals surface area contributed by atoms with Crippen molar-refractivity contribution in [3.05, 3.63) is 59.5 Å². The van der Waals surface area contributed by atoms with Gasteiger partial charge in [0, 0.05) is 18.4 Å². The molecule has 0 atom stereocenters. The number of ketones is 1. The van der Waals surface area contributed by atoms with Crippen LogP contribution in [0.2, 0.25) is 0 Å². The quantitative estimate of drug-likeness (QED) is 0.715. The molecule has 0 amide bonds. The molecule has 1 aromatic carbocycles. The standard InChI is InChI=1S/C16H18O2/c1-2-5-13-6-3-7-14(12-13)16(17)10-9-15-8-4-11-18-15/h3-4,6-8,11-12H,2,5,9-10H2,1H3. The molecule has 0 bridgehead atoms. The molecule has 1 heterocycles. The van der Waals surface area contributed by atoms with Gasteiger partial charge in [-0.2, -0.15) is 0 Å². The minimum atomic E-state index is 0.185. The summed E-state index contributed by atoms with van der Waals surface area (Å²) in [6, 6.07) is 11.7. The third kappa shape index (κ3) is 3.33. The summed E-state index contributed by atoms with van der Waals surface area (Å²) in [7, 11) is 0. The first-order valence-electron chi connectivity index (χ1n) is 6.44. The van der Waals surface area contributed by atoms with Gasteiger partial charge in [-0.25, -0.2) is 0 Å². The fraction of sp³-hybridized carbons (Fsp3) is 0.312. The van der Waals surface area contributed by atoms with Gasteiger partial charge in [0.15, 0.2) is 5.78 Å². The van der Waals surface area contributed by atoms with Gasteiger partial charge < -0.3 is 4.42 Å². The lowest BCUT2D eigenvalue weighted by molar-refractivity contribution is 0.0981. The highest BCUT2D eigenvalue weighted by Gasteiger charge is 2.07. The lowest BCUT2D eigenvalue weighted by Crippen LogP contribution is -2.01. The van der Waals surface area contributed by atoms with Crippen molar-refractivity contribution < 1.29 is 9.21 Å². The first-order valence-corrected chi connectivity index (χ1v) is 6.44. The molecule has 0 radical (unpaired) electrons. The van der Waals surface area contributed by atoms with E-state index in [0.717, 1.165) is 24.2 Å². The van der Waals surface area contributed by atoms with Gasteiger partial charge in [0.1, 0.15) is 5.76 Å². The maximum Gasteiger partial charge on any atom is 0.163 e. The van der Waals surface area contributed by atoms with Crippen LogP contribution in [0.4, 0.5) is 0 Å². The van der Waals surface area contributed by atoms with Crippen LogP contribution in [0.5, 0.6) is 0 Å². The molecule has 0 N–H and O–H groups in total. The van der Waals surface area contributed by atoms with E-state index in [1.807, 2.05) is 30.3 Å². The Bertz CT molecular complexity index is 498. The highest BCUT2D eigenvalue weighted by molar-refractivity contribution is 5.96. The number of rotatable bonds is 6. The Hall–Kier alpha value is -1.83. The van der Waals surface area contributed by atoms with Gasteiger partial charge in [0.25, 0.3) is 0 Å². The molecule has 2 rings (SSSR count). The normalized spacial score (nSPS) is 10.5. The minimum Gasteiger partial charge on any atom is -0.469 e. The summed E-state index contributed by atoms with van der Waals surface area (Å²) in [4.78, 5) is 12.1. The van der Waals surface area contributed by atoms with Crippen LogP contribution >= 0.6 is 0 Å². The van der Waals surface area contributed by atoms with Crippen LogP contribution in [-0.2, 0) is 12.8 Å². The second kappa shape index (κ2) is 6.20. The van der Waals surface area contributed by atoms with Gasteiger partial charge >= 0.3 is 0 Å². The molecule has 0 aliphatic carbocycles. The number of aryl methyl sites for hydroxylation is 2. The molecule has 2 aromatic rings. The van der Waals surface area contributed by atoms with Gasteiger partial charge in [-0.15, -0.1) is 0 Å². The summed E-state index contributed by atoms with van der Waals surface area (Å²) in [5.74, 6) is 1.05. The first kappa shape index (κ1) is 12.6. The number of furan rings is 1. The molecule has 0 fully saturated rings. The van der Waals surface area contributed by atoms with Gasteiger partial charge in [-0.05, 0) is 30.2 Å². The van der Waals surface area contributed by atoms with Crippen molar-refractivity contribution in [2.75, 3.05) is 0 Å². The van der Waals surface area contributed by atoms with E-state index in [0.29, 0.717) is 12.8 Å². The average molecular weight is 242 g/mol. The summed E-state index contributed by atoms with van der Waals surface area (Å²) in [5, 5.41) is 0. The summed E-state index contributed by atoms with van der Waals surface area (Å²) in [6.45, 7) is 2.14. The van der Waals surface area contributed by atoms with E-state index in [4.69, 9.17) is 4.42 Å². The van der Waals surface area contributed by atoms with Crippen molar-refractivity contribution >= 4 is 5.78 Å². The monoisotopic (exact) mass is 242 g/mol. The summed E-state index contributed by atoms with van der Waals surface area (Å²) in [5.41, 5.74) is 2.05. The predicted octanol–water partition coefficient (Wildman–Crippen LogP) is 4.05. The molecule has 0 spiro atoms. The van der Waals surface area contributed by atoms with Gasteiger partial charge in [-0.3, -0.25) is 4.79 Å². The van der Waals surface area contributed by atoms with Crippen LogP contribution in [0.3, 0.4) is 0 Å². The van der Waals surface area contributed by atoms with Crippen molar-refractivity contribution in [1.82, 2.24) is 0 Å². The predicted molar refractivity (Wildman–Crippen MR) is 71.8 cm³/mol. The number of carbonyl (C=O) groups excluding carboxylic acids is 1.